The monoisotopic (exact) mass is 444 g/mol. The van der Waals surface area contributed by atoms with Gasteiger partial charge in [0.15, 0.2) is 23.1 Å². The minimum Gasteiger partial charge on any atom is -0.494 e. The molecule has 0 aliphatic heterocycles. The van der Waals surface area contributed by atoms with E-state index in [1.807, 2.05) is 6.07 Å². The normalized spacial score (nSPS) is 12.7. The first-order valence-electron chi connectivity index (χ1n) is 9.87. The lowest BCUT2D eigenvalue weighted by atomic mass is 10.0. The third kappa shape index (κ3) is 4.88. The third-order valence-electron chi connectivity index (χ3n) is 4.87. The number of aromatic nitrogens is 2. The minimum absolute atomic E-state index is 0.0508. The summed E-state index contributed by atoms with van der Waals surface area (Å²) in [6, 6.07) is 2.99. The molecule has 0 aliphatic carbocycles. The van der Waals surface area contributed by atoms with E-state index in [0.717, 1.165) is 0 Å². The molecule has 0 bridgehead atoms. The molecule has 7 nitrogen and oxygen atoms in total. The predicted molar refractivity (Wildman–Crippen MR) is 120 cm³/mol. The first-order valence-corrected chi connectivity index (χ1v) is 9.87. The summed E-state index contributed by atoms with van der Waals surface area (Å²) >= 11 is 0. The molecule has 0 amide bonds. The van der Waals surface area contributed by atoms with Crippen LogP contribution in [0.3, 0.4) is 0 Å². The topological polar surface area (TPSA) is 106 Å². The van der Waals surface area contributed by atoms with Crippen LogP contribution in [0.15, 0.2) is 35.7 Å². The second kappa shape index (κ2) is 9.35. The fourth-order valence-electron chi connectivity index (χ4n) is 3.23. The highest BCUT2D eigenvalue weighted by Gasteiger charge is 2.21. The van der Waals surface area contributed by atoms with Crippen molar-refractivity contribution in [2.45, 2.75) is 25.9 Å². The van der Waals surface area contributed by atoms with Crippen molar-refractivity contribution >= 4 is 22.8 Å². The van der Waals surface area contributed by atoms with Crippen molar-refractivity contribution in [2.24, 2.45) is 10.7 Å². The molecular weight excluding hydrogens is 418 g/mol. The number of aromatic amines is 1. The Bertz CT molecular complexity index is 1150. The van der Waals surface area contributed by atoms with Crippen LogP contribution < -0.4 is 15.2 Å². The molecule has 2 aromatic heterocycles. The Balaban J connectivity index is 2.00. The zero-order valence-electron chi connectivity index (χ0n) is 18.4. The summed E-state index contributed by atoms with van der Waals surface area (Å²) in [5.74, 6) is -1.78. The molecule has 0 radical (unpaired) electrons. The van der Waals surface area contributed by atoms with Crippen molar-refractivity contribution in [3.63, 3.8) is 0 Å². The quantitative estimate of drug-likeness (QED) is 0.461. The number of nitrogens with zero attached hydrogens (tertiary/aromatic N) is 2. The van der Waals surface area contributed by atoms with Crippen LogP contribution in [0.2, 0.25) is 0 Å². The Morgan fingerprint density at radius 1 is 1.22 bits per heavy atom. The number of methoxy groups -OCH3 is 2. The zero-order chi connectivity index (χ0) is 23.5. The summed E-state index contributed by atoms with van der Waals surface area (Å²) in [7, 11) is 2.61. The van der Waals surface area contributed by atoms with E-state index in [0.29, 0.717) is 27.7 Å². The number of aliphatic imine (C=N–C) groups is 1. The summed E-state index contributed by atoms with van der Waals surface area (Å²) in [6.07, 6.45) is 6.16. The van der Waals surface area contributed by atoms with Crippen molar-refractivity contribution in [2.75, 3.05) is 20.8 Å². The number of benzene rings is 1. The largest absolute Gasteiger partial charge is 0.494 e. The number of fused-ring (bicyclic) bond motifs is 1. The van der Waals surface area contributed by atoms with Gasteiger partial charge in [0.2, 0.25) is 0 Å². The van der Waals surface area contributed by atoms with E-state index in [2.05, 4.69) is 15.0 Å². The molecule has 0 fully saturated rings. The number of nitrogens with two attached hydrogens (primary N) is 1. The first-order chi connectivity index (χ1) is 15.2. The van der Waals surface area contributed by atoms with E-state index in [-0.39, 0.29) is 30.0 Å². The lowest BCUT2D eigenvalue weighted by Gasteiger charge is -2.13. The number of halogens is 2. The second-order valence-electron chi connectivity index (χ2n) is 7.90. The van der Waals surface area contributed by atoms with E-state index in [9.17, 15) is 13.9 Å². The Hall–Kier alpha value is -3.46. The summed E-state index contributed by atoms with van der Waals surface area (Å²) in [4.78, 5) is 11.6. The van der Waals surface area contributed by atoms with E-state index >= 15 is 0 Å². The molecule has 3 rings (SSSR count). The summed E-state index contributed by atoms with van der Waals surface area (Å²) in [5.41, 5.74) is 7.10. The predicted octanol–water partition coefficient (Wildman–Crippen LogP) is 3.59. The average molecular weight is 444 g/mol. The van der Waals surface area contributed by atoms with Crippen LogP contribution in [0, 0.1) is 11.6 Å². The molecule has 32 heavy (non-hydrogen) atoms. The molecule has 0 aliphatic rings. The van der Waals surface area contributed by atoms with Crippen LogP contribution >= 0.6 is 0 Å². The van der Waals surface area contributed by atoms with Gasteiger partial charge in [0.25, 0.3) is 0 Å². The molecule has 0 saturated heterocycles. The minimum atomic E-state index is -0.946. The standard InChI is InChI=1S/C23H26F2N4O3/c1-23(2,30)12-27-9-15(8-26)13-5-16-14(11-29-22(16)28-10-13)6-17-20(24)18(31-3)7-19(32-4)21(17)25/h5,7-11,30H,6,12,26H2,1-4H3,(H,28,29). The molecule has 4 N–H and O–H groups in total. The molecule has 2 heterocycles. The number of hydrogen-bond acceptors (Lipinski definition) is 6. The SMILES string of the molecule is COc1cc(OC)c(F)c(Cc2c[nH]c3ncc(C(C=NCC(C)(C)O)=CN)cc23)c1F. The Morgan fingerprint density at radius 3 is 2.44 bits per heavy atom. The molecule has 1 aromatic carbocycles. The number of nitrogens with one attached hydrogen (secondary N) is 1. The number of ether oxygens (including phenoxy) is 2. The molecule has 9 heteroatoms. The summed E-state index contributed by atoms with van der Waals surface area (Å²) < 4.78 is 39.7. The van der Waals surface area contributed by atoms with Crippen molar-refractivity contribution < 1.29 is 23.4 Å². The average Bonchev–Trinajstić information content (AvgIpc) is 3.15. The number of pyridine rings is 1. The maximum absolute atomic E-state index is 14.8. The van der Waals surface area contributed by atoms with Gasteiger partial charge in [-0.15, -0.1) is 0 Å². The maximum atomic E-state index is 14.8. The fourth-order valence-corrected chi connectivity index (χ4v) is 3.23. The molecule has 0 saturated carbocycles. The number of hydrogen-bond donors (Lipinski definition) is 3. The number of H-pyrrole nitrogens is 1. The van der Waals surface area contributed by atoms with Gasteiger partial charge in [-0.25, -0.2) is 13.8 Å². The highest BCUT2D eigenvalue weighted by molar-refractivity contribution is 6.10. The van der Waals surface area contributed by atoms with Gasteiger partial charge in [0, 0.05) is 59.4 Å². The van der Waals surface area contributed by atoms with Crippen molar-refractivity contribution in [3.8, 4) is 11.5 Å². The highest BCUT2D eigenvalue weighted by Crippen LogP contribution is 2.34. The molecule has 3 aromatic rings. The van der Waals surface area contributed by atoms with Crippen molar-refractivity contribution in [3.05, 3.63) is 59.1 Å². The van der Waals surface area contributed by atoms with Gasteiger partial charge < -0.3 is 25.3 Å². The first kappa shape index (κ1) is 23.2. The van der Waals surface area contributed by atoms with Gasteiger partial charge in [-0.1, -0.05) is 0 Å². The van der Waals surface area contributed by atoms with Gasteiger partial charge in [-0.3, -0.25) is 4.99 Å². The van der Waals surface area contributed by atoms with E-state index in [1.54, 1.807) is 32.5 Å². The lowest BCUT2D eigenvalue weighted by molar-refractivity contribution is 0.0906. The van der Waals surface area contributed by atoms with E-state index in [1.165, 1.54) is 26.5 Å². The van der Waals surface area contributed by atoms with Crippen LogP contribution in [0.1, 0.15) is 30.5 Å². The maximum Gasteiger partial charge on any atom is 0.171 e. The number of aliphatic hydroxyl groups is 1. The highest BCUT2D eigenvalue weighted by atomic mass is 19.1. The molecule has 0 atom stereocenters. The van der Waals surface area contributed by atoms with E-state index in [4.69, 9.17) is 15.2 Å². The van der Waals surface area contributed by atoms with Crippen LogP contribution in [0.4, 0.5) is 8.78 Å². The van der Waals surface area contributed by atoms with Crippen molar-refractivity contribution in [1.29, 1.82) is 0 Å². The van der Waals surface area contributed by atoms with Gasteiger partial charge in [0.05, 0.1) is 26.4 Å². The van der Waals surface area contributed by atoms with E-state index < -0.39 is 17.2 Å². The van der Waals surface area contributed by atoms with Gasteiger partial charge in [0.1, 0.15) is 5.65 Å². The Kier molecular flexibility index (Phi) is 6.78. The van der Waals surface area contributed by atoms with Crippen molar-refractivity contribution in [1.82, 2.24) is 9.97 Å². The Morgan fingerprint density at radius 2 is 1.88 bits per heavy atom. The van der Waals surface area contributed by atoms with Gasteiger partial charge >= 0.3 is 0 Å². The molecular formula is C23H26F2N4O3. The third-order valence-corrected chi connectivity index (χ3v) is 4.87. The summed E-state index contributed by atoms with van der Waals surface area (Å²) in [5, 5.41) is 10.5. The number of rotatable bonds is 8. The van der Waals surface area contributed by atoms with Crippen LogP contribution in [-0.4, -0.2) is 47.7 Å². The van der Waals surface area contributed by atoms with Crippen LogP contribution in [0.5, 0.6) is 11.5 Å². The molecule has 170 valence electrons. The van der Waals surface area contributed by atoms with Crippen LogP contribution in [0.25, 0.3) is 16.6 Å². The summed E-state index contributed by atoms with van der Waals surface area (Å²) in [6.45, 7) is 3.51. The fraction of sp³-hybridized carbons (Fsp3) is 0.304. The Labute approximate surface area is 184 Å². The van der Waals surface area contributed by atoms with Gasteiger partial charge in [-0.05, 0) is 25.5 Å². The van der Waals surface area contributed by atoms with Gasteiger partial charge in [-0.2, -0.15) is 0 Å². The molecule has 0 unspecified atom stereocenters. The number of allylic oxidation sites excluding steroid dienone is 1. The molecule has 0 spiro atoms. The smallest absolute Gasteiger partial charge is 0.171 e. The second-order valence-corrected chi connectivity index (χ2v) is 7.90. The zero-order valence-corrected chi connectivity index (χ0v) is 18.4. The lowest BCUT2D eigenvalue weighted by Crippen LogP contribution is -2.22. The van der Waals surface area contributed by atoms with Crippen LogP contribution in [-0.2, 0) is 6.42 Å².